The van der Waals surface area contributed by atoms with E-state index in [9.17, 15) is 12.8 Å². The second-order valence-electron chi connectivity index (χ2n) is 5.74. The number of rotatable bonds is 6. The van der Waals surface area contributed by atoms with E-state index in [1.165, 1.54) is 6.07 Å². The summed E-state index contributed by atoms with van der Waals surface area (Å²) in [5.41, 5.74) is 1.11. The van der Waals surface area contributed by atoms with Gasteiger partial charge in [-0.1, -0.05) is 11.6 Å². The smallest absolute Gasteiger partial charge is 0.240 e. The summed E-state index contributed by atoms with van der Waals surface area (Å²) in [5, 5.41) is 3.84. The van der Waals surface area contributed by atoms with Crippen LogP contribution < -0.4 is 4.72 Å². The number of likely N-dealkylation sites (tertiary alicyclic amines) is 1. The van der Waals surface area contributed by atoms with Crippen LogP contribution in [0.4, 0.5) is 4.39 Å². The molecule has 0 aliphatic carbocycles. The van der Waals surface area contributed by atoms with Crippen molar-refractivity contribution in [2.45, 2.75) is 23.8 Å². The van der Waals surface area contributed by atoms with Crippen LogP contribution in [-0.2, 0) is 10.0 Å². The predicted molar refractivity (Wildman–Crippen MR) is 94.5 cm³/mol. The van der Waals surface area contributed by atoms with Gasteiger partial charge < -0.3 is 0 Å². The van der Waals surface area contributed by atoms with Crippen molar-refractivity contribution < 1.29 is 12.8 Å². The number of thiophene rings is 1. The molecule has 1 N–H and O–H groups in total. The van der Waals surface area contributed by atoms with Gasteiger partial charge in [0.1, 0.15) is 5.82 Å². The predicted octanol–water partition coefficient (Wildman–Crippen LogP) is 3.66. The summed E-state index contributed by atoms with van der Waals surface area (Å²) >= 11 is 7.29. The van der Waals surface area contributed by atoms with Gasteiger partial charge in [-0.15, -0.1) is 0 Å². The number of nitrogens with zero attached hydrogens (tertiary/aromatic N) is 1. The summed E-state index contributed by atoms with van der Waals surface area (Å²) < 4.78 is 40.8. The number of nitrogens with one attached hydrogen (secondary N) is 1. The average molecular weight is 389 g/mol. The lowest BCUT2D eigenvalue weighted by Crippen LogP contribution is -2.36. The summed E-state index contributed by atoms with van der Waals surface area (Å²) in [7, 11) is -3.74. The quantitative estimate of drug-likeness (QED) is 0.821. The molecule has 0 saturated carbocycles. The summed E-state index contributed by atoms with van der Waals surface area (Å²) in [6.07, 6.45) is 2.25. The van der Waals surface area contributed by atoms with Crippen molar-refractivity contribution in [1.82, 2.24) is 9.62 Å². The lowest BCUT2D eigenvalue weighted by Gasteiger charge is -2.27. The Labute approximate surface area is 150 Å². The van der Waals surface area contributed by atoms with Crippen molar-refractivity contribution in [3.05, 3.63) is 51.4 Å². The van der Waals surface area contributed by atoms with Crippen LogP contribution in [-0.4, -0.2) is 33.0 Å². The fourth-order valence-corrected chi connectivity index (χ4v) is 4.91. The molecule has 0 bridgehead atoms. The molecular formula is C16H18ClFN2O2S2. The maximum absolute atomic E-state index is 13.2. The zero-order chi connectivity index (χ0) is 17.2. The third kappa shape index (κ3) is 3.97. The number of sulfonamides is 1. The normalized spacial score (nSPS) is 17.2. The van der Waals surface area contributed by atoms with E-state index in [1.807, 2.05) is 16.8 Å². The highest BCUT2D eigenvalue weighted by Gasteiger charge is 2.26. The third-order valence-electron chi connectivity index (χ3n) is 4.18. The van der Waals surface area contributed by atoms with Crippen molar-refractivity contribution in [2.24, 2.45) is 0 Å². The minimum atomic E-state index is -3.74. The highest BCUT2D eigenvalue weighted by Crippen LogP contribution is 2.27. The van der Waals surface area contributed by atoms with Gasteiger partial charge in [0.05, 0.1) is 9.92 Å². The van der Waals surface area contributed by atoms with E-state index in [0.29, 0.717) is 0 Å². The molecule has 0 unspecified atom stereocenters. The second kappa shape index (κ2) is 7.49. The van der Waals surface area contributed by atoms with E-state index in [0.717, 1.165) is 43.6 Å². The van der Waals surface area contributed by atoms with Crippen molar-refractivity contribution in [3.63, 3.8) is 0 Å². The average Bonchev–Trinajstić information content (AvgIpc) is 3.24. The summed E-state index contributed by atoms with van der Waals surface area (Å²) in [6, 6.07) is 5.45. The van der Waals surface area contributed by atoms with Crippen molar-refractivity contribution in [2.75, 3.05) is 19.6 Å². The second-order valence-corrected chi connectivity index (χ2v) is 8.70. The molecule has 8 heteroatoms. The fraction of sp³-hybridized carbons (Fsp3) is 0.375. The van der Waals surface area contributed by atoms with Gasteiger partial charge in [-0.25, -0.2) is 17.5 Å². The fourth-order valence-electron chi connectivity index (χ4n) is 2.89. The van der Waals surface area contributed by atoms with E-state index in [1.54, 1.807) is 11.3 Å². The molecule has 1 aliphatic rings. The lowest BCUT2D eigenvalue weighted by molar-refractivity contribution is 0.247. The number of hydrogen-bond donors (Lipinski definition) is 1. The lowest BCUT2D eigenvalue weighted by atomic mass is 10.1. The Morgan fingerprint density at radius 1 is 1.29 bits per heavy atom. The Balaban J connectivity index is 1.76. The number of halogens is 2. The molecule has 0 spiro atoms. The molecule has 1 aromatic carbocycles. The van der Waals surface area contributed by atoms with Crippen LogP contribution >= 0.6 is 22.9 Å². The SMILES string of the molecule is O=S(=O)(NC[C@H](c1ccsc1)N1CCCC1)c1ccc(F)c(Cl)c1. The molecule has 2 aromatic rings. The van der Waals surface area contributed by atoms with Crippen molar-refractivity contribution >= 4 is 33.0 Å². The molecule has 130 valence electrons. The van der Waals surface area contributed by atoms with Gasteiger partial charge in [0.15, 0.2) is 0 Å². The van der Waals surface area contributed by atoms with E-state index in [-0.39, 0.29) is 22.5 Å². The number of benzene rings is 1. The first-order valence-electron chi connectivity index (χ1n) is 7.68. The van der Waals surface area contributed by atoms with Crippen LogP contribution in [0.3, 0.4) is 0 Å². The van der Waals surface area contributed by atoms with Crippen LogP contribution in [0.5, 0.6) is 0 Å². The summed E-state index contributed by atoms with van der Waals surface area (Å²) in [4.78, 5) is 2.27. The zero-order valence-electron chi connectivity index (χ0n) is 12.9. The monoisotopic (exact) mass is 388 g/mol. The summed E-state index contributed by atoms with van der Waals surface area (Å²) in [5.74, 6) is -0.635. The van der Waals surface area contributed by atoms with Gasteiger partial charge in [-0.05, 0) is 66.5 Å². The van der Waals surface area contributed by atoms with E-state index >= 15 is 0 Å². The van der Waals surface area contributed by atoms with Gasteiger partial charge in [-0.2, -0.15) is 11.3 Å². The molecule has 1 fully saturated rings. The molecule has 0 amide bonds. The Bertz CT molecular complexity index is 790. The van der Waals surface area contributed by atoms with Crippen LogP contribution in [0.2, 0.25) is 5.02 Å². The first kappa shape index (κ1) is 17.8. The molecule has 24 heavy (non-hydrogen) atoms. The Kier molecular flexibility index (Phi) is 5.56. The standard InChI is InChI=1S/C16H18ClFN2O2S2/c17-14-9-13(3-4-15(14)18)24(21,22)19-10-16(12-5-8-23-11-12)20-6-1-2-7-20/h3-5,8-9,11,16,19H,1-2,6-7,10H2/t16-/m1/s1. The highest BCUT2D eigenvalue weighted by molar-refractivity contribution is 7.89. The van der Waals surface area contributed by atoms with Crippen molar-refractivity contribution in [3.8, 4) is 0 Å². The zero-order valence-corrected chi connectivity index (χ0v) is 15.3. The van der Waals surface area contributed by atoms with E-state index < -0.39 is 15.8 Å². The van der Waals surface area contributed by atoms with Crippen molar-refractivity contribution in [1.29, 1.82) is 0 Å². The minimum Gasteiger partial charge on any atom is -0.295 e. The van der Waals surface area contributed by atoms with Gasteiger partial charge in [0.2, 0.25) is 10.0 Å². The van der Waals surface area contributed by atoms with Crippen LogP contribution in [0.1, 0.15) is 24.4 Å². The topological polar surface area (TPSA) is 49.4 Å². The first-order valence-corrected chi connectivity index (χ1v) is 10.5. The van der Waals surface area contributed by atoms with E-state index in [4.69, 9.17) is 11.6 Å². The van der Waals surface area contributed by atoms with Crippen LogP contribution in [0, 0.1) is 5.82 Å². The van der Waals surface area contributed by atoms with Crippen LogP contribution in [0.15, 0.2) is 39.9 Å². The largest absolute Gasteiger partial charge is 0.295 e. The molecule has 4 nitrogen and oxygen atoms in total. The molecule has 2 heterocycles. The molecule has 1 saturated heterocycles. The van der Waals surface area contributed by atoms with Gasteiger partial charge in [0, 0.05) is 12.6 Å². The van der Waals surface area contributed by atoms with E-state index in [2.05, 4.69) is 9.62 Å². The highest BCUT2D eigenvalue weighted by atomic mass is 35.5. The molecule has 1 atom stereocenters. The van der Waals surface area contributed by atoms with Gasteiger partial charge >= 0.3 is 0 Å². The van der Waals surface area contributed by atoms with Crippen LogP contribution in [0.25, 0.3) is 0 Å². The number of hydrogen-bond acceptors (Lipinski definition) is 4. The molecule has 1 aliphatic heterocycles. The summed E-state index contributed by atoms with van der Waals surface area (Å²) in [6.45, 7) is 2.20. The van der Waals surface area contributed by atoms with Gasteiger partial charge in [0.25, 0.3) is 0 Å². The maximum Gasteiger partial charge on any atom is 0.240 e. The Morgan fingerprint density at radius 3 is 2.67 bits per heavy atom. The Hall–Kier alpha value is -0.990. The van der Waals surface area contributed by atoms with Gasteiger partial charge in [-0.3, -0.25) is 4.90 Å². The third-order valence-corrected chi connectivity index (χ3v) is 6.59. The first-order chi connectivity index (χ1) is 11.5. The molecular weight excluding hydrogens is 371 g/mol. The molecule has 0 radical (unpaired) electrons. The molecule has 3 rings (SSSR count). The molecule has 1 aromatic heterocycles. The maximum atomic E-state index is 13.2. The Morgan fingerprint density at radius 2 is 2.04 bits per heavy atom. The minimum absolute atomic E-state index is 0.00412.